The Morgan fingerprint density at radius 1 is 1.17 bits per heavy atom. The summed E-state index contributed by atoms with van der Waals surface area (Å²) in [6.45, 7) is 2.76. The molecule has 2 aromatic rings. The predicted octanol–water partition coefficient (Wildman–Crippen LogP) is 2.74. The molecule has 2 heterocycles. The Morgan fingerprint density at radius 3 is 2.70 bits per heavy atom. The number of rotatable bonds is 4. The number of nitrogens with zero attached hydrogens (tertiary/aromatic N) is 4. The molecule has 5 heteroatoms. The van der Waals surface area contributed by atoms with Crippen LogP contribution >= 0.6 is 0 Å². The van der Waals surface area contributed by atoms with Gasteiger partial charge in [0.15, 0.2) is 0 Å². The third kappa shape index (κ3) is 3.67. The number of anilines is 1. The highest BCUT2D eigenvalue weighted by Crippen LogP contribution is 2.25. The van der Waals surface area contributed by atoms with Crippen LogP contribution in [0.3, 0.4) is 0 Å². The molecular formula is C18H22N4O. The molecule has 0 unspecified atom stereocenters. The van der Waals surface area contributed by atoms with Gasteiger partial charge in [0.1, 0.15) is 5.69 Å². The maximum atomic E-state index is 12.4. The van der Waals surface area contributed by atoms with Gasteiger partial charge in [-0.25, -0.2) is 4.98 Å². The zero-order valence-electron chi connectivity index (χ0n) is 13.5. The highest BCUT2D eigenvalue weighted by molar-refractivity contribution is 5.91. The van der Waals surface area contributed by atoms with E-state index >= 15 is 0 Å². The monoisotopic (exact) mass is 310 g/mol. The van der Waals surface area contributed by atoms with Crippen molar-refractivity contribution >= 4 is 11.6 Å². The van der Waals surface area contributed by atoms with Gasteiger partial charge in [-0.2, -0.15) is 0 Å². The van der Waals surface area contributed by atoms with E-state index in [0.717, 1.165) is 13.1 Å². The number of hydrogen-bond donors (Lipinski definition) is 0. The molecule has 120 valence electrons. The zero-order chi connectivity index (χ0) is 16.1. The fourth-order valence-electron chi connectivity index (χ4n) is 3.02. The smallest absolute Gasteiger partial charge is 0.274 e. The lowest BCUT2D eigenvalue weighted by Gasteiger charge is -2.31. The van der Waals surface area contributed by atoms with Crippen molar-refractivity contribution in [2.75, 3.05) is 25.0 Å². The van der Waals surface area contributed by atoms with Crippen LogP contribution in [0.15, 0.2) is 42.9 Å². The van der Waals surface area contributed by atoms with Crippen molar-refractivity contribution in [2.24, 2.45) is 0 Å². The largest absolute Gasteiger partial charge is 0.371 e. The van der Waals surface area contributed by atoms with Gasteiger partial charge in [-0.15, -0.1) is 0 Å². The molecule has 1 saturated heterocycles. The molecule has 0 atom stereocenters. The van der Waals surface area contributed by atoms with E-state index in [0.29, 0.717) is 12.2 Å². The molecular weight excluding hydrogens is 288 g/mol. The summed E-state index contributed by atoms with van der Waals surface area (Å²) < 4.78 is 0. The molecule has 1 fully saturated rings. The van der Waals surface area contributed by atoms with Crippen molar-refractivity contribution in [3.63, 3.8) is 0 Å². The van der Waals surface area contributed by atoms with Crippen LogP contribution in [0, 0.1) is 0 Å². The minimum atomic E-state index is -0.105. The van der Waals surface area contributed by atoms with Crippen molar-refractivity contribution in [2.45, 2.75) is 25.8 Å². The third-order valence-corrected chi connectivity index (χ3v) is 4.22. The normalized spacial score (nSPS) is 14.6. The lowest BCUT2D eigenvalue weighted by molar-refractivity contribution is 0.0779. The molecule has 0 aliphatic carbocycles. The topological polar surface area (TPSA) is 49.3 Å². The molecule has 0 saturated carbocycles. The van der Waals surface area contributed by atoms with Gasteiger partial charge in [-0.05, 0) is 30.9 Å². The maximum Gasteiger partial charge on any atom is 0.274 e. The van der Waals surface area contributed by atoms with Crippen molar-refractivity contribution in [1.29, 1.82) is 0 Å². The average Bonchev–Trinajstić information content (AvgIpc) is 2.63. The van der Waals surface area contributed by atoms with Crippen LogP contribution in [0.2, 0.25) is 0 Å². The first-order chi connectivity index (χ1) is 11.3. The summed E-state index contributed by atoms with van der Waals surface area (Å²) in [5, 5.41) is 0. The van der Waals surface area contributed by atoms with Gasteiger partial charge in [-0.1, -0.05) is 18.2 Å². The summed E-state index contributed by atoms with van der Waals surface area (Å²) in [5.41, 5.74) is 2.80. The lowest BCUT2D eigenvalue weighted by Crippen LogP contribution is -2.32. The van der Waals surface area contributed by atoms with E-state index in [-0.39, 0.29) is 5.91 Å². The standard InChI is InChI=1S/C18H22N4O/c1-21(18(23)16-13-19-9-10-20-16)14-15-7-3-4-8-17(15)22-11-5-2-6-12-22/h3-4,7-10,13H,2,5-6,11-12,14H2,1H3. The molecule has 1 aliphatic heterocycles. The molecule has 3 rings (SSSR count). The van der Waals surface area contributed by atoms with Gasteiger partial charge in [0.05, 0.1) is 6.20 Å². The van der Waals surface area contributed by atoms with Gasteiger partial charge in [-0.3, -0.25) is 9.78 Å². The van der Waals surface area contributed by atoms with Crippen LogP contribution in [-0.4, -0.2) is 40.9 Å². The summed E-state index contributed by atoms with van der Waals surface area (Å²) in [5.74, 6) is -0.105. The number of piperidine rings is 1. The second kappa shape index (κ2) is 7.22. The minimum Gasteiger partial charge on any atom is -0.371 e. The van der Waals surface area contributed by atoms with E-state index in [4.69, 9.17) is 0 Å². The Balaban J connectivity index is 1.76. The van der Waals surface area contributed by atoms with Gasteiger partial charge in [0.2, 0.25) is 0 Å². The highest BCUT2D eigenvalue weighted by atomic mass is 16.2. The molecule has 0 radical (unpaired) electrons. The van der Waals surface area contributed by atoms with Crippen LogP contribution in [0.1, 0.15) is 35.3 Å². The van der Waals surface area contributed by atoms with Crippen molar-refractivity contribution in [3.05, 3.63) is 54.1 Å². The van der Waals surface area contributed by atoms with Crippen molar-refractivity contribution in [1.82, 2.24) is 14.9 Å². The number of carbonyl (C=O) groups excluding carboxylic acids is 1. The number of benzene rings is 1. The first-order valence-electron chi connectivity index (χ1n) is 8.10. The number of amides is 1. The van der Waals surface area contributed by atoms with Crippen LogP contribution in [0.25, 0.3) is 0 Å². The number of hydrogen-bond acceptors (Lipinski definition) is 4. The first-order valence-corrected chi connectivity index (χ1v) is 8.10. The number of carbonyl (C=O) groups is 1. The second-order valence-electron chi connectivity index (χ2n) is 5.93. The Bertz CT molecular complexity index is 653. The van der Waals surface area contributed by atoms with E-state index in [2.05, 4.69) is 33.1 Å². The Morgan fingerprint density at radius 2 is 1.96 bits per heavy atom. The summed E-state index contributed by atoms with van der Waals surface area (Å²) in [6.07, 6.45) is 8.41. The summed E-state index contributed by atoms with van der Waals surface area (Å²) >= 11 is 0. The van der Waals surface area contributed by atoms with Gasteiger partial charge in [0.25, 0.3) is 5.91 Å². The summed E-state index contributed by atoms with van der Waals surface area (Å²) in [4.78, 5) is 24.6. The second-order valence-corrected chi connectivity index (χ2v) is 5.93. The van der Waals surface area contributed by atoms with Crippen LogP contribution in [0.5, 0.6) is 0 Å². The molecule has 1 aromatic heterocycles. The highest BCUT2D eigenvalue weighted by Gasteiger charge is 2.18. The Hall–Kier alpha value is -2.43. The van der Waals surface area contributed by atoms with E-state index < -0.39 is 0 Å². The fraction of sp³-hybridized carbons (Fsp3) is 0.389. The maximum absolute atomic E-state index is 12.4. The molecule has 23 heavy (non-hydrogen) atoms. The lowest BCUT2D eigenvalue weighted by atomic mass is 10.1. The fourth-order valence-corrected chi connectivity index (χ4v) is 3.02. The zero-order valence-corrected chi connectivity index (χ0v) is 13.5. The summed E-state index contributed by atoms with van der Waals surface area (Å²) in [6, 6.07) is 8.35. The quantitative estimate of drug-likeness (QED) is 0.871. The molecule has 0 N–H and O–H groups in total. The third-order valence-electron chi connectivity index (χ3n) is 4.22. The molecule has 1 aliphatic rings. The summed E-state index contributed by atoms with van der Waals surface area (Å²) in [7, 11) is 1.81. The molecule has 1 aromatic carbocycles. The average molecular weight is 310 g/mol. The van der Waals surface area contributed by atoms with Crippen molar-refractivity contribution < 1.29 is 4.79 Å². The molecule has 0 bridgehead atoms. The van der Waals surface area contributed by atoms with E-state index in [9.17, 15) is 4.79 Å². The predicted molar refractivity (Wildman–Crippen MR) is 90.3 cm³/mol. The van der Waals surface area contributed by atoms with E-state index in [1.807, 2.05) is 13.1 Å². The van der Waals surface area contributed by atoms with Gasteiger partial charge >= 0.3 is 0 Å². The van der Waals surface area contributed by atoms with Gasteiger partial charge < -0.3 is 9.80 Å². The van der Waals surface area contributed by atoms with Crippen molar-refractivity contribution in [3.8, 4) is 0 Å². The molecule has 1 amide bonds. The van der Waals surface area contributed by atoms with Crippen LogP contribution in [-0.2, 0) is 6.54 Å². The van der Waals surface area contributed by atoms with E-state index in [1.54, 1.807) is 17.3 Å². The van der Waals surface area contributed by atoms with Crippen LogP contribution in [0.4, 0.5) is 5.69 Å². The van der Waals surface area contributed by atoms with Gasteiger partial charge in [0, 0.05) is 44.8 Å². The van der Waals surface area contributed by atoms with E-state index in [1.165, 1.54) is 36.7 Å². The Labute approximate surface area is 137 Å². The number of para-hydroxylation sites is 1. The molecule has 0 spiro atoms. The Kier molecular flexibility index (Phi) is 4.86. The number of aromatic nitrogens is 2. The molecule has 5 nitrogen and oxygen atoms in total. The minimum absolute atomic E-state index is 0.105. The first kappa shape index (κ1) is 15.5. The van der Waals surface area contributed by atoms with Crippen LogP contribution < -0.4 is 4.90 Å². The SMILES string of the molecule is CN(Cc1ccccc1N1CCCCC1)C(=O)c1cnccn1.